The number of ether oxygens (including phenoxy) is 1. The Balaban J connectivity index is 1.36. The van der Waals surface area contributed by atoms with E-state index < -0.39 is 5.97 Å². The summed E-state index contributed by atoms with van der Waals surface area (Å²) in [6, 6.07) is 11.9. The van der Waals surface area contributed by atoms with Gasteiger partial charge in [-0.15, -0.1) is 32.9 Å². The Hall–Kier alpha value is -2.73. The fraction of sp³-hybridized carbons (Fsp3) is 0.143. The summed E-state index contributed by atoms with van der Waals surface area (Å²) in [4.78, 5) is 27.1. The minimum absolute atomic E-state index is 0.138. The van der Waals surface area contributed by atoms with Gasteiger partial charge in [-0.05, 0) is 30.5 Å². The Morgan fingerprint density at radius 3 is 2.84 bits per heavy atom. The summed E-state index contributed by atoms with van der Waals surface area (Å²) in [5, 5.41) is 16.3. The average molecular weight is 501 g/mol. The van der Waals surface area contributed by atoms with Gasteiger partial charge < -0.3 is 10.1 Å². The zero-order valence-corrected chi connectivity index (χ0v) is 20.0. The van der Waals surface area contributed by atoms with Crippen LogP contribution in [0.25, 0.3) is 25.6 Å². The molecule has 7 nitrogen and oxygen atoms in total. The van der Waals surface area contributed by atoms with Crippen molar-refractivity contribution in [2.45, 2.75) is 12.1 Å². The Kier molecular flexibility index (Phi) is 5.96. The van der Waals surface area contributed by atoms with E-state index in [-0.39, 0.29) is 18.3 Å². The molecular weight excluding hydrogens is 485 g/mol. The van der Waals surface area contributed by atoms with Crippen molar-refractivity contribution in [1.82, 2.24) is 14.6 Å². The number of hydrogen-bond donors (Lipinski definition) is 1. The number of carbonyl (C=O) groups excluding carboxylic acids is 2. The number of rotatable bonds is 7. The van der Waals surface area contributed by atoms with E-state index in [0.29, 0.717) is 15.7 Å². The highest BCUT2D eigenvalue weighted by atomic mass is 32.2. The number of nitrogens with one attached hydrogen (secondary N) is 1. The maximum Gasteiger partial charge on any atom is 0.341 e. The van der Waals surface area contributed by atoms with Crippen LogP contribution in [0.5, 0.6) is 0 Å². The van der Waals surface area contributed by atoms with Crippen LogP contribution in [0.3, 0.4) is 0 Å². The van der Waals surface area contributed by atoms with Gasteiger partial charge in [0.25, 0.3) is 0 Å². The van der Waals surface area contributed by atoms with Crippen molar-refractivity contribution in [3.05, 3.63) is 52.7 Å². The van der Waals surface area contributed by atoms with Gasteiger partial charge in [0.05, 0.1) is 22.6 Å². The highest BCUT2D eigenvalue weighted by Gasteiger charge is 2.23. The van der Waals surface area contributed by atoms with Crippen LogP contribution in [-0.4, -0.2) is 38.8 Å². The first kappa shape index (κ1) is 21.1. The predicted molar refractivity (Wildman–Crippen MR) is 131 cm³/mol. The maximum atomic E-state index is 12.7. The van der Waals surface area contributed by atoms with Crippen molar-refractivity contribution in [3.8, 4) is 10.4 Å². The molecule has 0 saturated carbocycles. The molecule has 0 radical (unpaired) electrons. The average Bonchev–Trinajstić information content (AvgIpc) is 3.56. The highest BCUT2D eigenvalue weighted by molar-refractivity contribution is 7.99. The summed E-state index contributed by atoms with van der Waals surface area (Å²) in [7, 11) is 0. The molecule has 1 aromatic carbocycles. The molecule has 0 unspecified atom stereocenters. The van der Waals surface area contributed by atoms with E-state index in [2.05, 4.69) is 15.5 Å². The third-order valence-electron chi connectivity index (χ3n) is 4.55. The van der Waals surface area contributed by atoms with Gasteiger partial charge in [0.15, 0.2) is 5.16 Å². The summed E-state index contributed by atoms with van der Waals surface area (Å²) in [5.41, 5.74) is 2.19. The second-order valence-corrected chi connectivity index (χ2v) is 10.3. The molecule has 0 saturated heterocycles. The van der Waals surface area contributed by atoms with E-state index in [1.165, 1.54) is 34.4 Å². The van der Waals surface area contributed by atoms with Crippen molar-refractivity contribution in [2.75, 3.05) is 17.7 Å². The number of fused-ring (bicyclic) bond motifs is 3. The van der Waals surface area contributed by atoms with Gasteiger partial charge in [-0.2, -0.15) is 0 Å². The van der Waals surface area contributed by atoms with Crippen LogP contribution in [0, 0.1) is 0 Å². The summed E-state index contributed by atoms with van der Waals surface area (Å²) in [5.74, 6) is -0.528. The van der Waals surface area contributed by atoms with Gasteiger partial charge in [-0.1, -0.05) is 41.3 Å². The van der Waals surface area contributed by atoms with Crippen LogP contribution in [0.1, 0.15) is 17.3 Å². The number of para-hydroxylation sites is 1. The minimum atomic E-state index is -0.441. The first-order chi connectivity index (χ1) is 15.7. The number of nitrogens with zero attached hydrogens (tertiary/aromatic N) is 3. The molecule has 1 N–H and O–H groups in total. The molecule has 5 aromatic rings. The highest BCUT2D eigenvalue weighted by Crippen LogP contribution is 2.38. The molecule has 0 aliphatic heterocycles. The molecule has 4 heterocycles. The number of esters is 1. The second kappa shape index (κ2) is 9.02. The van der Waals surface area contributed by atoms with Gasteiger partial charge in [-0.25, -0.2) is 4.79 Å². The predicted octanol–water partition coefficient (Wildman–Crippen LogP) is 5.64. The first-order valence-electron chi connectivity index (χ1n) is 9.63. The maximum absolute atomic E-state index is 12.7. The summed E-state index contributed by atoms with van der Waals surface area (Å²) < 4.78 is 8.32. The molecule has 0 aliphatic carbocycles. The van der Waals surface area contributed by atoms with Crippen LogP contribution in [-0.2, 0) is 9.53 Å². The summed E-state index contributed by atoms with van der Waals surface area (Å²) in [6.45, 7) is 2.02. The number of aromatic nitrogens is 3. The van der Waals surface area contributed by atoms with Gasteiger partial charge in [-0.3, -0.25) is 9.20 Å². The van der Waals surface area contributed by atoms with Crippen molar-refractivity contribution in [3.63, 3.8) is 0 Å². The molecular formula is C21H16N4O3S4. The monoisotopic (exact) mass is 500 g/mol. The zero-order valence-electron chi connectivity index (χ0n) is 16.7. The van der Waals surface area contributed by atoms with E-state index in [4.69, 9.17) is 4.74 Å². The lowest BCUT2D eigenvalue weighted by atomic mass is 10.1. The largest absolute Gasteiger partial charge is 0.462 e. The first-order valence-corrected chi connectivity index (χ1v) is 13.2. The molecule has 11 heteroatoms. The van der Waals surface area contributed by atoms with E-state index >= 15 is 0 Å². The Bertz CT molecular complexity index is 1420. The van der Waals surface area contributed by atoms with Gasteiger partial charge in [0, 0.05) is 15.8 Å². The van der Waals surface area contributed by atoms with Gasteiger partial charge in [0.2, 0.25) is 10.9 Å². The van der Waals surface area contributed by atoms with E-state index in [1.54, 1.807) is 18.3 Å². The van der Waals surface area contributed by atoms with Gasteiger partial charge in [0.1, 0.15) is 10.6 Å². The molecule has 0 atom stereocenters. The number of amides is 1. The Morgan fingerprint density at radius 1 is 1.16 bits per heavy atom. The number of thiophene rings is 2. The lowest BCUT2D eigenvalue weighted by Crippen LogP contribution is -2.16. The van der Waals surface area contributed by atoms with Crippen molar-refractivity contribution in [2.24, 2.45) is 0 Å². The van der Waals surface area contributed by atoms with Crippen LogP contribution in [0.2, 0.25) is 0 Å². The SMILES string of the molecule is CCOC(=O)c1c(-c2cccs2)csc1NC(=O)CSc1nnc2sc3ccccc3n12. The minimum Gasteiger partial charge on any atom is -0.462 e. The zero-order chi connectivity index (χ0) is 22.1. The van der Waals surface area contributed by atoms with E-state index in [9.17, 15) is 9.59 Å². The fourth-order valence-electron chi connectivity index (χ4n) is 3.21. The van der Waals surface area contributed by atoms with Crippen LogP contribution < -0.4 is 5.32 Å². The molecule has 0 fully saturated rings. The number of thioether (sulfide) groups is 1. The number of thiazole rings is 1. The Labute approximate surface area is 199 Å². The topological polar surface area (TPSA) is 85.6 Å². The molecule has 0 bridgehead atoms. The number of anilines is 1. The second-order valence-electron chi connectivity index (χ2n) is 6.56. The number of hydrogen-bond acceptors (Lipinski definition) is 9. The molecule has 5 rings (SSSR count). The molecule has 32 heavy (non-hydrogen) atoms. The van der Waals surface area contributed by atoms with Crippen LogP contribution in [0.15, 0.2) is 52.3 Å². The lowest BCUT2D eigenvalue weighted by Gasteiger charge is -2.08. The van der Waals surface area contributed by atoms with Crippen molar-refractivity contribution in [1.29, 1.82) is 0 Å². The lowest BCUT2D eigenvalue weighted by molar-refractivity contribution is -0.113. The number of carbonyl (C=O) groups is 2. The standard InChI is InChI=1S/C21H16N4O3S4/c1-2-28-19(27)17-12(14-8-5-9-29-14)10-30-18(17)22-16(26)11-31-20-23-24-21-25(20)13-6-3-4-7-15(13)32-21/h3-10H,2,11H2,1H3,(H,22,26). The third kappa shape index (κ3) is 3.92. The van der Waals surface area contributed by atoms with Crippen molar-refractivity contribution < 1.29 is 14.3 Å². The number of benzene rings is 1. The molecule has 162 valence electrons. The van der Waals surface area contributed by atoms with Crippen LogP contribution in [0.4, 0.5) is 5.00 Å². The molecule has 1 amide bonds. The third-order valence-corrected chi connectivity index (χ3v) is 8.29. The summed E-state index contributed by atoms with van der Waals surface area (Å²) >= 11 is 5.72. The molecule has 4 aromatic heterocycles. The molecule has 0 aliphatic rings. The Morgan fingerprint density at radius 2 is 2.03 bits per heavy atom. The normalized spacial score (nSPS) is 11.3. The van der Waals surface area contributed by atoms with E-state index in [1.807, 2.05) is 51.6 Å². The van der Waals surface area contributed by atoms with E-state index in [0.717, 1.165) is 25.6 Å². The van der Waals surface area contributed by atoms with Crippen LogP contribution >= 0.6 is 45.8 Å². The van der Waals surface area contributed by atoms with Crippen molar-refractivity contribution >= 4 is 77.8 Å². The quantitative estimate of drug-likeness (QED) is 0.230. The fourth-order valence-corrected chi connectivity index (χ4v) is 6.77. The smallest absolute Gasteiger partial charge is 0.341 e. The van der Waals surface area contributed by atoms with Gasteiger partial charge >= 0.3 is 5.97 Å². The summed E-state index contributed by atoms with van der Waals surface area (Å²) in [6.07, 6.45) is 0. The molecule has 0 spiro atoms.